The Bertz CT molecular complexity index is 403. The third-order valence-electron chi connectivity index (χ3n) is 3.34. The Balaban J connectivity index is 2.09. The van der Waals surface area contributed by atoms with E-state index in [2.05, 4.69) is 0 Å². The van der Waals surface area contributed by atoms with E-state index in [0.717, 1.165) is 19.1 Å². The highest BCUT2D eigenvalue weighted by Gasteiger charge is 2.40. The maximum Gasteiger partial charge on any atom is 0.241 e. The molecule has 0 aromatic heterocycles. The number of β-amino-alcohol motifs (C(OH)–C–C–N with tert-alkyl or cyclic N) is 1. The molecule has 98 valence electrons. The fourth-order valence-corrected chi connectivity index (χ4v) is 3.51. The lowest BCUT2D eigenvalue weighted by Crippen LogP contribution is -2.60. The van der Waals surface area contributed by atoms with Crippen LogP contribution in [0.3, 0.4) is 0 Å². The highest BCUT2D eigenvalue weighted by molar-refractivity contribution is 7.88. The molecule has 6 nitrogen and oxygen atoms in total. The summed E-state index contributed by atoms with van der Waals surface area (Å²) in [5.74, 6) is -0.166. The van der Waals surface area contributed by atoms with E-state index in [-0.39, 0.29) is 5.91 Å². The van der Waals surface area contributed by atoms with E-state index in [0.29, 0.717) is 26.1 Å². The van der Waals surface area contributed by atoms with Gasteiger partial charge in [-0.05, 0) is 12.8 Å². The van der Waals surface area contributed by atoms with Crippen LogP contribution in [0.5, 0.6) is 0 Å². The van der Waals surface area contributed by atoms with E-state index >= 15 is 0 Å². The molecule has 0 aromatic rings. The molecule has 0 aliphatic carbocycles. The molecule has 17 heavy (non-hydrogen) atoms. The monoisotopic (exact) mass is 262 g/mol. The summed E-state index contributed by atoms with van der Waals surface area (Å²) in [4.78, 5) is 13.6. The van der Waals surface area contributed by atoms with E-state index in [1.165, 1.54) is 9.21 Å². The van der Waals surface area contributed by atoms with E-state index in [1.54, 1.807) is 0 Å². The number of hydrogen-bond acceptors (Lipinski definition) is 4. The summed E-state index contributed by atoms with van der Waals surface area (Å²) < 4.78 is 24.5. The summed E-state index contributed by atoms with van der Waals surface area (Å²) in [6.07, 6.45) is 2.95. The van der Waals surface area contributed by atoms with E-state index in [9.17, 15) is 13.2 Å². The summed E-state index contributed by atoms with van der Waals surface area (Å²) in [6.45, 7) is 1.07. The normalized spacial score (nSPS) is 27.9. The van der Waals surface area contributed by atoms with Crippen LogP contribution in [-0.2, 0) is 14.8 Å². The molecule has 0 radical (unpaired) electrons. The van der Waals surface area contributed by atoms with Gasteiger partial charge in [-0.25, -0.2) is 8.42 Å². The van der Waals surface area contributed by atoms with Crippen molar-refractivity contribution in [1.29, 1.82) is 0 Å². The van der Waals surface area contributed by atoms with Crippen LogP contribution in [0.25, 0.3) is 0 Å². The number of amides is 1. The van der Waals surface area contributed by atoms with E-state index in [1.807, 2.05) is 0 Å². The first-order valence-corrected chi connectivity index (χ1v) is 7.68. The highest BCUT2D eigenvalue weighted by Crippen LogP contribution is 2.23. The van der Waals surface area contributed by atoms with Gasteiger partial charge in [0.2, 0.25) is 15.9 Å². The van der Waals surface area contributed by atoms with Crippen LogP contribution in [0, 0.1) is 0 Å². The van der Waals surface area contributed by atoms with Gasteiger partial charge in [0.15, 0.2) is 0 Å². The summed E-state index contributed by atoms with van der Waals surface area (Å²) in [5.41, 5.74) is 0. The van der Waals surface area contributed by atoms with Gasteiger partial charge in [0, 0.05) is 19.6 Å². The second kappa shape index (κ2) is 4.55. The summed E-state index contributed by atoms with van der Waals surface area (Å²) in [7, 11) is -3.33. The molecule has 0 saturated carbocycles. The van der Waals surface area contributed by atoms with Crippen molar-refractivity contribution in [2.24, 2.45) is 0 Å². The third-order valence-corrected chi connectivity index (χ3v) is 4.63. The lowest BCUT2D eigenvalue weighted by molar-refractivity contribution is -0.146. The zero-order valence-corrected chi connectivity index (χ0v) is 10.7. The smallest absolute Gasteiger partial charge is 0.241 e. The second-order valence-electron chi connectivity index (χ2n) is 4.78. The number of likely N-dealkylation sites (tertiary alicyclic amines) is 1. The molecule has 2 rings (SSSR count). The lowest BCUT2D eigenvalue weighted by atomic mass is 10.0. The molecule has 0 bridgehead atoms. The summed E-state index contributed by atoms with van der Waals surface area (Å²) >= 11 is 0. The minimum atomic E-state index is -3.33. The minimum Gasteiger partial charge on any atom is -0.389 e. The first kappa shape index (κ1) is 12.8. The first-order chi connectivity index (χ1) is 7.89. The molecule has 2 saturated heterocycles. The lowest BCUT2D eigenvalue weighted by Gasteiger charge is -2.41. The van der Waals surface area contributed by atoms with Crippen molar-refractivity contribution in [1.82, 2.24) is 9.21 Å². The summed E-state index contributed by atoms with van der Waals surface area (Å²) in [5, 5.41) is 9.17. The van der Waals surface area contributed by atoms with Crippen molar-refractivity contribution < 1.29 is 18.3 Å². The molecule has 1 atom stereocenters. The maximum absolute atomic E-state index is 12.1. The van der Waals surface area contributed by atoms with Crippen molar-refractivity contribution >= 4 is 15.9 Å². The quantitative estimate of drug-likeness (QED) is 0.692. The van der Waals surface area contributed by atoms with Gasteiger partial charge >= 0.3 is 0 Å². The van der Waals surface area contributed by atoms with Crippen molar-refractivity contribution in [2.75, 3.05) is 25.9 Å². The van der Waals surface area contributed by atoms with Crippen LogP contribution in [0.1, 0.15) is 19.3 Å². The molecule has 0 aromatic carbocycles. The van der Waals surface area contributed by atoms with Gasteiger partial charge < -0.3 is 10.0 Å². The molecular weight excluding hydrogens is 244 g/mol. The Morgan fingerprint density at radius 3 is 2.47 bits per heavy atom. The first-order valence-electron chi connectivity index (χ1n) is 5.83. The summed E-state index contributed by atoms with van der Waals surface area (Å²) in [6, 6.07) is -0.564. The van der Waals surface area contributed by atoms with Crippen LogP contribution < -0.4 is 0 Å². The number of carbonyl (C=O) groups is 1. The van der Waals surface area contributed by atoms with Crippen molar-refractivity contribution in [3.05, 3.63) is 0 Å². The van der Waals surface area contributed by atoms with Gasteiger partial charge in [-0.3, -0.25) is 4.79 Å². The predicted molar refractivity (Wildman–Crippen MR) is 61.8 cm³/mol. The number of hydrogen-bond donors (Lipinski definition) is 1. The zero-order valence-electron chi connectivity index (χ0n) is 9.87. The molecule has 2 fully saturated rings. The number of carbonyl (C=O) groups excluding carboxylic acids is 1. The molecule has 2 aliphatic rings. The Morgan fingerprint density at radius 1 is 1.29 bits per heavy atom. The molecule has 2 heterocycles. The van der Waals surface area contributed by atoms with Gasteiger partial charge in [-0.15, -0.1) is 0 Å². The molecule has 0 spiro atoms. The van der Waals surface area contributed by atoms with Crippen LogP contribution in [0.15, 0.2) is 0 Å². The number of aliphatic hydroxyl groups is 1. The van der Waals surface area contributed by atoms with Crippen LogP contribution in [0.4, 0.5) is 0 Å². The molecule has 1 amide bonds. The van der Waals surface area contributed by atoms with Crippen LogP contribution >= 0.6 is 0 Å². The average molecular weight is 262 g/mol. The number of piperidine rings is 1. The molecular formula is C10H18N2O4S. The molecule has 1 N–H and O–H groups in total. The Kier molecular flexibility index (Phi) is 3.42. The van der Waals surface area contributed by atoms with Crippen molar-refractivity contribution in [2.45, 2.75) is 31.4 Å². The molecule has 1 unspecified atom stereocenters. The second-order valence-corrected chi connectivity index (χ2v) is 6.72. The maximum atomic E-state index is 12.1. The Morgan fingerprint density at radius 2 is 1.94 bits per heavy atom. The number of rotatable bonds is 2. The Labute approximate surface area is 101 Å². The molecule has 7 heteroatoms. The third kappa shape index (κ3) is 2.61. The van der Waals surface area contributed by atoms with Crippen molar-refractivity contribution in [3.8, 4) is 0 Å². The standard InChI is InChI=1S/C10H18N2O4S/c1-17(15,16)12-5-3-2-4-9(12)10(14)11-6-8(13)7-11/h8-9,13H,2-7H2,1H3. The largest absolute Gasteiger partial charge is 0.389 e. The number of aliphatic hydroxyl groups excluding tert-OH is 1. The fourth-order valence-electron chi connectivity index (χ4n) is 2.39. The number of sulfonamides is 1. The SMILES string of the molecule is CS(=O)(=O)N1CCCCC1C(=O)N1CC(O)C1. The van der Waals surface area contributed by atoms with Crippen molar-refractivity contribution in [3.63, 3.8) is 0 Å². The van der Waals surface area contributed by atoms with Gasteiger partial charge in [0.25, 0.3) is 0 Å². The van der Waals surface area contributed by atoms with E-state index in [4.69, 9.17) is 5.11 Å². The van der Waals surface area contributed by atoms with Crippen LogP contribution in [0.2, 0.25) is 0 Å². The topological polar surface area (TPSA) is 77.9 Å². The zero-order chi connectivity index (χ0) is 12.6. The van der Waals surface area contributed by atoms with Gasteiger partial charge in [-0.1, -0.05) is 6.42 Å². The highest BCUT2D eigenvalue weighted by atomic mass is 32.2. The predicted octanol–water partition coefficient (Wildman–Crippen LogP) is -0.996. The van der Waals surface area contributed by atoms with E-state index < -0.39 is 22.2 Å². The van der Waals surface area contributed by atoms with Gasteiger partial charge in [0.05, 0.1) is 12.4 Å². The average Bonchev–Trinajstić information content (AvgIpc) is 2.23. The number of nitrogens with zero attached hydrogens (tertiary/aromatic N) is 2. The fraction of sp³-hybridized carbons (Fsp3) is 0.900. The molecule has 2 aliphatic heterocycles. The minimum absolute atomic E-state index is 0.166. The van der Waals surface area contributed by atoms with Gasteiger partial charge in [0.1, 0.15) is 6.04 Å². The van der Waals surface area contributed by atoms with Gasteiger partial charge in [-0.2, -0.15) is 4.31 Å². The Hall–Kier alpha value is -0.660. The van der Waals surface area contributed by atoms with Crippen LogP contribution in [-0.4, -0.2) is 66.7 Å².